The molecule has 132 valence electrons. The van der Waals surface area contributed by atoms with E-state index in [1.807, 2.05) is 24.3 Å². The molecular formula is C19H15ClN2O3S. The Morgan fingerprint density at radius 2 is 2.12 bits per heavy atom. The number of hydrogen-bond donors (Lipinski definition) is 1. The molecule has 0 saturated carbocycles. The Morgan fingerprint density at radius 1 is 1.27 bits per heavy atom. The van der Waals surface area contributed by atoms with Gasteiger partial charge in [-0.3, -0.25) is 4.79 Å². The van der Waals surface area contributed by atoms with E-state index in [0.717, 1.165) is 20.8 Å². The molecule has 26 heavy (non-hydrogen) atoms. The highest BCUT2D eigenvalue weighted by molar-refractivity contribution is 7.18. The van der Waals surface area contributed by atoms with E-state index < -0.39 is 0 Å². The summed E-state index contributed by atoms with van der Waals surface area (Å²) < 4.78 is 12.1. The number of benzene rings is 2. The second-order valence-corrected chi connectivity index (χ2v) is 7.18. The Balaban J connectivity index is 1.40. The molecule has 0 bridgehead atoms. The van der Waals surface area contributed by atoms with Crippen LogP contribution in [0.4, 0.5) is 0 Å². The quantitative estimate of drug-likeness (QED) is 0.687. The number of thiazole rings is 1. The predicted molar refractivity (Wildman–Crippen MR) is 103 cm³/mol. The number of aromatic nitrogens is 1. The second kappa shape index (κ2) is 7.35. The van der Waals surface area contributed by atoms with Gasteiger partial charge in [0.1, 0.15) is 18.2 Å². The minimum atomic E-state index is -0.199. The summed E-state index contributed by atoms with van der Waals surface area (Å²) in [7, 11) is 0. The number of rotatable bonds is 4. The van der Waals surface area contributed by atoms with Crippen LogP contribution in [-0.4, -0.2) is 24.1 Å². The van der Waals surface area contributed by atoms with E-state index in [1.165, 1.54) is 6.08 Å². The van der Waals surface area contributed by atoms with Gasteiger partial charge in [-0.15, -0.1) is 11.3 Å². The van der Waals surface area contributed by atoms with Crippen LogP contribution in [0.3, 0.4) is 0 Å². The minimum absolute atomic E-state index is 0.199. The van der Waals surface area contributed by atoms with Crippen molar-refractivity contribution in [3.8, 4) is 11.5 Å². The number of hydrogen-bond acceptors (Lipinski definition) is 5. The molecule has 1 aliphatic rings. The van der Waals surface area contributed by atoms with Crippen LogP contribution in [0.25, 0.3) is 16.3 Å². The summed E-state index contributed by atoms with van der Waals surface area (Å²) in [4.78, 5) is 16.6. The molecule has 1 amide bonds. The van der Waals surface area contributed by atoms with Crippen LogP contribution in [0, 0.1) is 0 Å². The number of fused-ring (bicyclic) bond motifs is 2. The zero-order valence-corrected chi connectivity index (χ0v) is 15.3. The summed E-state index contributed by atoms with van der Waals surface area (Å²) in [5.41, 5.74) is 1.72. The van der Waals surface area contributed by atoms with E-state index in [0.29, 0.717) is 36.3 Å². The summed E-state index contributed by atoms with van der Waals surface area (Å²) in [5.74, 6) is 0.948. The van der Waals surface area contributed by atoms with E-state index in [9.17, 15) is 4.79 Å². The topological polar surface area (TPSA) is 60.5 Å². The van der Waals surface area contributed by atoms with Crippen molar-refractivity contribution in [2.24, 2.45) is 0 Å². The van der Waals surface area contributed by atoms with Crippen LogP contribution < -0.4 is 14.8 Å². The number of nitrogens with one attached hydrogen (secondary N) is 1. The Morgan fingerprint density at radius 3 is 3.00 bits per heavy atom. The molecule has 2 aromatic carbocycles. The molecule has 0 fully saturated rings. The van der Waals surface area contributed by atoms with Crippen molar-refractivity contribution in [1.82, 2.24) is 10.3 Å². The number of carbonyl (C=O) groups is 1. The molecule has 0 spiro atoms. The Hall–Kier alpha value is -2.57. The van der Waals surface area contributed by atoms with Gasteiger partial charge in [-0.05, 0) is 35.9 Å². The highest BCUT2D eigenvalue weighted by atomic mass is 35.5. The van der Waals surface area contributed by atoms with Gasteiger partial charge in [0, 0.05) is 6.08 Å². The van der Waals surface area contributed by atoms with Crippen molar-refractivity contribution in [2.45, 2.75) is 6.54 Å². The van der Waals surface area contributed by atoms with Gasteiger partial charge in [0.15, 0.2) is 11.5 Å². The first kappa shape index (κ1) is 16.9. The zero-order valence-electron chi connectivity index (χ0n) is 13.7. The van der Waals surface area contributed by atoms with Crippen LogP contribution in [-0.2, 0) is 11.3 Å². The Labute approximate surface area is 159 Å². The number of para-hydroxylation sites is 1. The first-order valence-corrected chi connectivity index (χ1v) is 9.28. The predicted octanol–water partition coefficient (Wildman–Crippen LogP) is 4.05. The molecule has 7 heteroatoms. The van der Waals surface area contributed by atoms with Crippen LogP contribution in [0.1, 0.15) is 10.6 Å². The summed E-state index contributed by atoms with van der Waals surface area (Å²) in [6, 6.07) is 11.5. The fourth-order valence-electron chi connectivity index (χ4n) is 2.62. The van der Waals surface area contributed by atoms with Crippen molar-refractivity contribution >= 4 is 45.1 Å². The van der Waals surface area contributed by atoms with Gasteiger partial charge in [-0.1, -0.05) is 23.7 Å². The number of nitrogens with zero attached hydrogens (tertiary/aromatic N) is 1. The lowest BCUT2D eigenvalue weighted by Crippen LogP contribution is -2.20. The standard InChI is InChI=1S/C19H15ClN2O3S/c20-13-9-12(10-15-19(13)25-8-7-24-15)5-6-17(23)21-11-18-22-14-3-1-2-4-16(14)26-18/h1-6,9-10H,7-8,11H2,(H,21,23)/b6-5+. The number of ether oxygens (including phenoxy) is 2. The summed E-state index contributed by atoms with van der Waals surface area (Å²) in [5, 5.41) is 4.18. The van der Waals surface area contributed by atoms with Crippen LogP contribution in [0.2, 0.25) is 5.02 Å². The monoisotopic (exact) mass is 386 g/mol. The normalized spacial score (nSPS) is 13.3. The number of carbonyl (C=O) groups excluding carboxylic acids is 1. The average Bonchev–Trinajstić information content (AvgIpc) is 3.08. The Kier molecular flexibility index (Phi) is 4.77. The van der Waals surface area contributed by atoms with Crippen molar-refractivity contribution in [1.29, 1.82) is 0 Å². The molecule has 1 N–H and O–H groups in total. The Bertz CT molecular complexity index is 967. The van der Waals surface area contributed by atoms with Gasteiger partial charge in [0.05, 0.1) is 21.8 Å². The van der Waals surface area contributed by atoms with Crippen LogP contribution >= 0.6 is 22.9 Å². The maximum atomic E-state index is 12.1. The summed E-state index contributed by atoms with van der Waals surface area (Å²) >= 11 is 7.77. The van der Waals surface area contributed by atoms with Crippen molar-refractivity contribution in [3.63, 3.8) is 0 Å². The van der Waals surface area contributed by atoms with Gasteiger partial charge in [-0.25, -0.2) is 4.98 Å². The molecule has 0 aliphatic carbocycles. The third-order valence-corrected chi connectivity index (χ3v) is 5.12. The molecule has 0 radical (unpaired) electrons. The fourth-order valence-corrected chi connectivity index (χ4v) is 3.80. The maximum absolute atomic E-state index is 12.1. The van der Waals surface area contributed by atoms with Crippen molar-refractivity contribution in [2.75, 3.05) is 13.2 Å². The third-order valence-electron chi connectivity index (χ3n) is 3.80. The minimum Gasteiger partial charge on any atom is -0.486 e. The highest BCUT2D eigenvalue weighted by Crippen LogP contribution is 2.38. The van der Waals surface area contributed by atoms with Crippen LogP contribution in [0.15, 0.2) is 42.5 Å². The molecule has 1 aromatic heterocycles. The molecule has 0 saturated heterocycles. The molecule has 4 rings (SSSR count). The molecule has 2 heterocycles. The molecule has 0 atom stereocenters. The zero-order chi connectivity index (χ0) is 17.9. The van der Waals surface area contributed by atoms with E-state index >= 15 is 0 Å². The van der Waals surface area contributed by atoms with E-state index in [2.05, 4.69) is 10.3 Å². The van der Waals surface area contributed by atoms with Gasteiger partial charge >= 0.3 is 0 Å². The van der Waals surface area contributed by atoms with E-state index in [1.54, 1.807) is 29.5 Å². The lowest BCUT2D eigenvalue weighted by molar-refractivity contribution is -0.116. The van der Waals surface area contributed by atoms with Gasteiger partial charge < -0.3 is 14.8 Å². The summed E-state index contributed by atoms with van der Waals surface area (Å²) in [6.45, 7) is 1.36. The first-order chi connectivity index (χ1) is 12.7. The number of halogens is 1. The van der Waals surface area contributed by atoms with Crippen molar-refractivity contribution in [3.05, 3.63) is 58.1 Å². The average molecular weight is 387 g/mol. The van der Waals surface area contributed by atoms with E-state index in [-0.39, 0.29) is 5.91 Å². The van der Waals surface area contributed by atoms with Crippen LogP contribution in [0.5, 0.6) is 11.5 Å². The lowest BCUT2D eigenvalue weighted by atomic mass is 10.1. The molecule has 3 aromatic rings. The molecule has 5 nitrogen and oxygen atoms in total. The van der Waals surface area contributed by atoms with Gasteiger partial charge in [0.2, 0.25) is 5.91 Å². The molecular weight excluding hydrogens is 372 g/mol. The van der Waals surface area contributed by atoms with Gasteiger partial charge in [-0.2, -0.15) is 0 Å². The molecule has 0 unspecified atom stereocenters. The first-order valence-electron chi connectivity index (χ1n) is 8.08. The molecule has 1 aliphatic heterocycles. The fraction of sp³-hybridized carbons (Fsp3) is 0.158. The lowest BCUT2D eigenvalue weighted by Gasteiger charge is -2.19. The smallest absolute Gasteiger partial charge is 0.244 e. The van der Waals surface area contributed by atoms with E-state index in [4.69, 9.17) is 21.1 Å². The maximum Gasteiger partial charge on any atom is 0.244 e. The number of amides is 1. The summed E-state index contributed by atoms with van der Waals surface area (Å²) in [6.07, 6.45) is 3.16. The third kappa shape index (κ3) is 3.66. The highest BCUT2D eigenvalue weighted by Gasteiger charge is 2.16. The largest absolute Gasteiger partial charge is 0.486 e. The van der Waals surface area contributed by atoms with Gasteiger partial charge in [0.25, 0.3) is 0 Å². The SMILES string of the molecule is O=C(/C=C/c1cc(Cl)c2c(c1)OCCO2)NCc1nc2ccccc2s1. The second-order valence-electron chi connectivity index (χ2n) is 5.65. The van der Waals surface area contributed by atoms with Crippen molar-refractivity contribution < 1.29 is 14.3 Å².